The molecule has 0 saturated heterocycles. The van der Waals surface area contributed by atoms with Gasteiger partial charge in [0.15, 0.2) is 0 Å². The van der Waals surface area contributed by atoms with Crippen molar-refractivity contribution in [2.45, 2.75) is 33.1 Å². The fourth-order valence-corrected chi connectivity index (χ4v) is 2.21. The lowest BCUT2D eigenvalue weighted by atomic mass is 10.2. The van der Waals surface area contributed by atoms with E-state index in [-0.39, 0.29) is 0 Å². The standard InChI is InChI=1S/C15H24N2/c1-3-17(4-2)15-9-7-14(8-10-15)16-12-11-13-5-6-13/h7-10,13,16H,3-6,11-12H2,1-2H3. The zero-order valence-corrected chi connectivity index (χ0v) is 11.1. The van der Waals surface area contributed by atoms with Crippen molar-refractivity contribution in [1.82, 2.24) is 0 Å². The monoisotopic (exact) mass is 232 g/mol. The molecule has 0 atom stereocenters. The molecule has 1 aromatic rings. The summed E-state index contributed by atoms with van der Waals surface area (Å²) in [7, 11) is 0. The van der Waals surface area contributed by atoms with Crippen LogP contribution in [-0.4, -0.2) is 19.6 Å². The highest BCUT2D eigenvalue weighted by molar-refractivity contribution is 5.55. The predicted octanol–water partition coefficient (Wildman–Crippen LogP) is 3.74. The van der Waals surface area contributed by atoms with Gasteiger partial charge in [0.25, 0.3) is 0 Å². The lowest BCUT2D eigenvalue weighted by Gasteiger charge is -2.21. The maximum absolute atomic E-state index is 3.50. The molecule has 0 bridgehead atoms. The summed E-state index contributed by atoms with van der Waals surface area (Å²) >= 11 is 0. The van der Waals surface area contributed by atoms with Crippen molar-refractivity contribution in [3.63, 3.8) is 0 Å². The molecule has 2 nitrogen and oxygen atoms in total. The average Bonchev–Trinajstić information content (AvgIpc) is 3.17. The molecule has 0 heterocycles. The smallest absolute Gasteiger partial charge is 0.0367 e. The lowest BCUT2D eigenvalue weighted by molar-refractivity contribution is 0.760. The van der Waals surface area contributed by atoms with E-state index in [0.29, 0.717) is 0 Å². The maximum Gasteiger partial charge on any atom is 0.0367 e. The van der Waals surface area contributed by atoms with Crippen LogP contribution in [0.25, 0.3) is 0 Å². The first kappa shape index (κ1) is 12.3. The second kappa shape index (κ2) is 5.95. The molecule has 1 saturated carbocycles. The molecule has 1 fully saturated rings. The first-order chi connectivity index (χ1) is 8.33. The lowest BCUT2D eigenvalue weighted by Crippen LogP contribution is -2.21. The Bertz CT molecular complexity index is 323. The molecule has 2 rings (SSSR count). The summed E-state index contributed by atoms with van der Waals surface area (Å²) < 4.78 is 0. The third kappa shape index (κ3) is 3.65. The van der Waals surface area contributed by atoms with Gasteiger partial charge in [-0.05, 0) is 50.5 Å². The van der Waals surface area contributed by atoms with Crippen LogP contribution in [0.4, 0.5) is 11.4 Å². The van der Waals surface area contributed by atoms with E-state index >= 15 is 0 Å². The summed E-state index contributed by atoms with van der Waals surface area (Å²) in [5.74, 6) is 1.01. The molecule has 1 aliphatic carbocycles. The minimum absolute atomic E-state index is 1.01. The van der Waals surface area contributed by atoms with Gasteiger partial charge in [-0.25, -0.2) is 0 Å². The van der Waals surface area contributed by atoms with Crippen LogP contribution in [0, 0.1) is 5.92 Å². The summed E-state index contributed by atoms with van der Waals surface area (Å²) in [5.41, 5.74) is 2.57. The van der Waals surface area contributed by atoms with Crippen molar-refractivity contribution in [2.24, 2.45) is 5.92 Å². The molecule has 2 heteroatoms. The predicted molar refractivity (Wildman–Crippen MR) is 75.8 cm³/mol. The Labute approximate surface area is 105 Å². The summed E-state index contributed by atoms with van der Waals surface area (Å²) in [6, 6.07) is 8.82. The fraction of sp³-hybridized carbons (Fsp3) is 0.600. The highest BCUT2D eigenvalue weighted by atomic mass is 15.1. The molecule has 17 heavy (non-hydrogen) atoms. The van der Waals surface area contributed by atoms with E-state index in [4.69, 9.17) is 0 Å². The topological polar surface area (TPSA) is 15.3 Å². The van der Waals surface area contributed by atoms with Crippen LogP contribution in [0.1, 0.15) is 33.1 Å². The number of nitrogens with zero attached hydrogens (tertiary/aromatic N) is 1. The molecule has 94 valence electrons. The van der Waals surface area contributed by atoms with Gasteiger partial charge in [-0.2, -0.15) is 0 Å². The van der Waals surface area contributed by atoms with Gasteiger partial charge >= 0.3 is 0 Å². The van der Waals surface area contributed by atoms with E-state index in [9.17, 15) is 0 Å². The number of anilines is 2. The van der Waals surface area contributed by atoms with E-state index in [1.54, 1.807) is 0 Å². The molecular weight excluding hydrogens is 208 g/mol. The second-order valence-electron chi connectivity index (χ2n) is 4.88. The van der Waals surface area contributed by atoms with Gasteiger partial charge in [-0.3, -0.25) is 0 Å². The molecule has 0 spiro atoms. The number of benzene rings is 1. The van der Waals surface area contributed by atoms with Crippen LogP contribution in [0.3, 0.4) is 0 Å². The Hall–Kier alpha value is -1.18. The van der Waals surface area contributed by atoms with Crippen LogP contribution >= 0.6 is 0 Å². The summed E-state index contributed by atoms with van der Waals surface area (Å²) in [6.45, 7) is 7.67. The normalized spacial score (nSPS) is 14.7. The minimum atomic E-state index is 1.01. The van der Waals surface area contributed by atoms with E-state index in [1.807, 2.05) is 0 Å². The van der Waals surface area contributed by atoms with Gasteiger partial charge < -0.3 is 10.2 Å². The van der Waals surface area contributed by atoms with Crippen molar-refractivity contribution < 1.29 is 0 Å². The highest BCUT2D eigenvalue weighted by Gasteiger charge is 2.19. The SMILES string of the molecule is CCN(CC)c1ccc(NCCC2CC2)cc1. The molecule has 0 unspecified atom stereocenters. The Morgan fingerprint density at radius 2 is 1.76 bits per heavy atom. The van der Waals surface area contributed by atoms with Gasteiger partial charge in [0.1, 0.15) is 0 Å². The van der Waals surface area contributed by atoms with E-state index in [1.165, 1.54) is 30.6 Å². The largest absolute Gasteiger partial charge is 0.385 e. The molecular formula is C15H24N2. The molecule has 0 amide bonds. The second-order valence-corrected chi connectivity index (χ2v) is 4.88. The first-order valence-corrected chi connectivity index (χ1v) is 6.92. The summed E-state index contributed by atoms with van der Waals surface area (Å²) in [5, 5.41) is 3.50. The van der Waals surface area contributed by atoms with Crippen molar-refractivity contribution in [1.29, 1.82) is 0 Å². The number of hydrogen-bond acceptors (Lipinski definition) is 2. The fourth-order valence-electron chi connectivity index (χ4n) is 2.21. The third-order valence-electron chi connectivity index (χ3n) is 3.57. The highest BCUT2D eigenvalue weighted by Crippen LogP contribution is 2.32. The van der Waals surface area contributed by atoms with Gasteiger partial charge in [0.2, 0.25) is 0 Å². The van der Waals surface area contributed by atoms with Crippen LogP contribution in [-0.2, 0) is 0 Å². The average molecular weight is 232 g/mol. The van der Waals surface area contributed by atoms with Gasteiger partial charge in [0.05, 0.1) is 0 Å². The van der Waals surface area contributed by atoms with E-state index in [0.717, 1.165) is 25.6 Å². The van der Waals surface area contributed by atoms with Crippen LogP contribution in [0.15, 0.2) is 24.3 Å². The van der Waals surface area contributed by atoms with Gasteiger partial charge in [0, 0.05) is 31.0 Å². The van der Waals surface area contributed by atoms with E-state index in [2.05, 4.69) is 48.3 Å². The zero-order valence-electron chi connectivity index (χ0n) is 11.1. The molecule has 0 aromatic heterocycles. The van der Waals surface area contributed by atoms with Crippen molar-refractivity contribution in [2.75, 3.05) is 29.9 Å². The summed E-state index contributed by atoms with van der Waals surface area (Å²) in [6.07, 6.45) is 4.23. The quantitative estimate of drug-likeness (QED) is 0.770. The number of hydrogen-bond donors (Lipinski definition) is 1. The molecule has 1 N–H and O–H groups in total. The molecule has 1 aromatic carbocycles. The first-order valence-electron chi connectivity index (χ1n) is 6.92. The Morgan fingerprint density at radius 1 is 1.12 bits per heavy atom. The van der Waals surface area contributed by atoms with Gasteiger partial charge in [-0.15, -0.1) is 0 Å². The number of rotatable bonds is 7. The third-order valence-corrected chi connectivity index (χ3v) is 3.57. The summed E-state index contributed by atoms with van der Waals surface area (Å²) in [4.78, 5) is 2.37. The Kier molecular flexibility index (Phi) is 4.29. The molecule has 1 aliphatic rings. The Morgan fingerprint density at radius 3 is 2.29 bits per heavy atom. The van der Waals surface area contributed by atoms with Crippen molar-refractivity contribution in [3.8, 4) is 0 Å². The van der Waals surface area contributed by atoms with Crippen LogP contribution in [0.2, 0.25) is 0 Å². The van der Waals surface area contributed by atoms with Gasteiger partial charge in [-0.1, -0.05) is 12.8 Å². The molecule has 0 aliphatic heterocycles. The van der Waals surface area contributed by atoms with Crippen molar-refractivity contribution >= 4 is 11.4 Å². The minimum Gasteiger partial charge on any atom is -0.385 e. The van der Waals surface area contributed by atoms with Crippen molar-refractivity contribution in [3.05, 3.63) is 24.3 Å². The zero-order chi connectivity index (χ0) is 12.1. The molecule has 0 radical (unpaired) electrons. The Balaban J connectivity index is 1.83. The number of nitrogens with one attached hydrogen (secondary N) is 1. The van der Waals surface area contributed by atoms with Crippen LogP contribution in [0.5, 0.6) is 0 Å². The van der Waals surface area contributed by atoms with E-state index < -0.39 is 0 Å². The van der Waals surface area contributed by atoms with Crippen LogP contribution < -0.4 is 10.2 Å². The maximum atomic E-state index is 3.50.